The van der Waals surface area contributed by atoms with Gasteiger partial charge in [0, 0.05) is 12.0 Å². The predicted molar refractivity (Wildman–Crippen MR) is 119 cm³/mol. The molecule has 0 saturated heterocycles. The minimum atomic E-state index is -6.25. The largest absolute Gasteiger partial charge is 1.00 e. The van der Waals surface area contributed by atoms with E-state index in [1.165, 1.54) is 12.1 Å². The van der Waals surface area contributed by atoms with E-state index in [0.29, 0.717) is 18.7 Å². The SMILES string of the molecule is COc1ccc(F)cc1C[n+]1ccn(CCCCCCCCCCCC(F)(F)C(F)(F)C(F)(F)F)c1.[Br-]. The summed E-state index contributed by atoms with van der Waals surface area (Å²) in [5.41, 5.74) is 0.744. The topological polar surface area (TPSA) is 18.0 Å². The Morgan fingerprint density at radius 3 is 1.97 bits per heavy atom. The number of hydrogen-bond acceptors (Lipinski definition) is 1. The van der Waals surface area contributed by atoms with Crippen molar-refractivity contribution in [3.8, 4) is 5.75 Å². The monoisotopic (exact) mass is 608 g/mol. The Hall–Kier alpha value is -1.85. The van der Waals surface area contributed by atoms with Crippen molar-refractivity contribution in [3.05, 3.63) is 48.3 Å². The van der Waals surface area contributed by atoms with Gasteiger partial charge >= 0.3 is 18.0 Å². The summed E-state index contributed by atoms with van der Waals surface area (Å²) in [6, 6.07) is 4.40. The Morgan fingerprint density at radius 2 is 1.41 bits per heavy atom. The molecule has 1 heterocycles. The van der Waals surface area contributed by atoms with Crippen LogP contribution in [0.15, 0.2) is 36.9 Å². The fourth-order valence-electron chi connectivity index (χ4n) is 3.98. The van der Waals surface area contributed by atoms with Crippen LogP contribution in [-0.4, -0.2) is 29.7 Å². The second-order valence-corrected chi connectivity index (χ2v) is 8.99. The number of benzene rings is 1. The van der Waals surface area contributed by atoms with Crippen molar-refractivity contribution in [3.63, 3.8) is 0 Å². The van der Waals surface area contributed by atoms with Crippen LogP contribution < -0.4 is 26.3 Å². The highest BCUT2D eigenvalue weighted by molar-refractivity contribution is 5.33. The number of hydrogen-bond donors (Lipinski definition) is 0. The summed E-state index contributed by atoms with van der Waals surface area (Å²) in [7, 11) is 1.54. The molecule has 1 aromatic heterocycles. The summed E-state index contributed by atoms with van der Waals surface area (Å²) >= 11 is 0. The molecular weight excluding hydrogens is 576 g/mol. The molecule has 1 aromatic carbocycles. The smallest absolute Gasteiger partial charge is 0.459 e. The molecule has 0 radical (unpaired) electrons. The molecule has 0 aliphatic carbocycles. The van der Waals surface area contributed by atoms with Gasteiger partial charge in [0.25, 0.3) is 0 Å². The maximum Gasteiger partial charge on any atom is 0.459 e. The van der Waals surface area contributed by atoms with Gasteiger partial charge in [0.15, 0.2) is 0 Å². The maximum absolute atomic E-state index is 13.5. The quantitative estimate of drug-likeness (QED) is 0.153. The second-order valence-electron chi connectivity index (χ2n) is 8.99. The molecule has 0 aliphatic heterocycles. The number of alkyl halides is 7. The Kier molecular flexibility index (Phi) is 13.4. The van der Waals surface area contributed by atoms with Crippen LogP contribution in [0.25, 0.3) is 0 Å². The minimum absolute atomic E-state index is 0. The van der Waals surface area contributed by atoms with Gasteiger partial charge in [0.2, 0.25) is 6.33 Å². The molecule has 0 N–H and O–H groups in total. The molecular formula is C25H33BrF8N2O. The molecule has 0 saturated carbocycles. The molecule has 212 valence electrons. The number of rotatable bonds is 16. The summed E-state index contributed by atoms with van der Waals surface area (Å²) in [6.45, 7) is 1.31. The van der Waals surface area contributed by atoms with Crippen LogP contribution in [0.5, 0.6) is 5.75 Å². The van der Waals surface area contributed by atoms with Crippen molar-refractivity contribution < 1.29 is 61.4 Å². The van der Waals surface area contributed by atoms with Crippen molar-refractivity contribution in [1.29, 1.82) is 0 Å². The van der Waals surface area contributed by atoms with E-state index in [1.54, 1.807) is 13.2 Å². The van der Waals surface area contributed by atoms with Gasteiger partial charge in [-0.05, 0) is 37.5 Å². The summed E-state index contributed by atoms with van der Waals surface area (Å²) in [5.74, 6) is -10.8. The lowest BCUT2D eigenvalue weighted by molar-refractivity contribution is -0.687. The molecule has 2 rings (SSSR count). The molecule has 0 unspecified atom stereocenters. The highest BCUT2D eigenvalue weighted by Crippen LogP contribution is 2.48. The zero-order valence-corrected chi connectivity index (χ0v) is 22.2. The second kappa shape index (κ2) is 14.9. The molecule has 3 nitrogen and oxygen atoms in total. The first-order valence-electron chi connectivity index (χ1n) is 12.1. The van der Waals surface area contributed by atoms with E-state index in [4.69, 9.17) is 4.74 Å². The van der Waals surface area contributed by atoms with Gasteiger partial charge in [-0.2, -0.15) is 30.7 Å². The van der Waals surface area contributed by atoms with Crippen molar-refractivity contribution in [2.75, 3.05) is 7.11 Å². The van der Waals surface area contributed by atoms with Gasteiger partial charge in [0.05, 0.1) is 13.7 Å². The van der Waals surface area contributed by atoms with Crippen molar-refractivity contribution >= 4 is 0 Å². The first kappa shape index (κ1) is 33.2. The summed E-state index contributed by atoms with van der Waals surface area (Å²) in [4.78, 5) is 0. The van der Waals surface area contributed by atoms with E-state index in [-0.39, 0.29) is 35.6 Å². The first-order valence-corrected chi connectivity index (χ1v) is 12.1. The number of aromatic nitrogens is 2. The van der Waals surface area contributed by atoms with Crippen LogP contribution in [0, 0.1) is 5.82 Å². The number of halogens is 9. The van der Waals surface area contributed by atoms with E-state index in [2.05, 4.69) is 0 Å². The van der Waals surface area contributed by atoms with Crippen LogP contribution in [-0.2, 0) is 13.1 Å². The lowest BCUT2D eigenvalue weighted by Gasteiger charge is -2.28. The molecule has 12 heteroatoms. The molecule has 0 aliphatic rings. The minimum Gasteiger partial charge on any atom is -1.00 e. The Morgan fingerprint density at radius 1 is 0.838 bits per heavy atom. The molecule has 0 spiro atoms. The number of aryl methyl sites for hydroxylation is 1. The van der Waals surface area contributed by atoms with Crippen LogP contribution in [0.2, 0.25) is 0 Å². The number of methoxy groups -OCH3 is 1. The summed E-state index contributed by atoms with van der Waals surface area (Å²) in [5, 5.41) is 0. The highest BCUT2D eigenvalue weighted by atomic mass is 79.9. The Balaban J connectivity index is 0.00000684. The Bertz CT molecular complexity index is 934. The number of imidazole rings is 1. The highest BCUT2D eigenvalue weighted by Gasteiger charge is 2.72. The summed E-state index contributed by atoms with van der Waals surface area (Å²) in [6.07, 6.45) is 3.86. The number of ether oxygens (including phenoxy) is 1. The molecule has 37 heavy (non-hydrogen) atoms. The predicted octanol–water partition coefficient (Wildman–Crippen LogP) is 4.71. The first-order chi connectivity index (χ1) is 16.9. The van der Waals surface area contributed by atoms with Gasteiger partial charge in [-0.25, -0.2) is 13.5 Å². The molecule has 0 amide bonds. The third-order valence-electron chi connectivity index (χ3n) is 6.06. The third-order valence-corrected chi connectivity index (χ3v) is 6.06. The van der Waals surface area contributed by atoms with E-state index < -0.39 is 24.4 Å². The van der Waals surface area contributed by atoms with E-state index in [1.807, 2.05) is 27.9 Å². The van der Waals surface area contributed by atoms with Gasteiger partial charge in [0.1, 0.15) is 30.5 Å². The lowest BCUT2D eigenvalue weighted by Crippen LogP contribution is -3.00. The van der Waals surface area contributed by atoms with E-state index in [0.717, 1.165) is 50.6 Å². The lowest BCUT2D eigenvalue weighted by atomic mass is 10.0. The van der Waals surface area contributed by atoms with Gasteiger partial charge < -0.3 is 21.7 Å². The van der Waals surface area contributed by atoms with Crippen LogP contribution in [0.3, 0.4) is 0 Å². The van der Waals surface area contributed by atoms with Gasteiger partial charge in [-0.15, -0.1) is 0 Å². The third kappa shape index (κ3) is 10.1. The fourth-order valence-corrected chi connectivity index (χ4v) is 3.98. The number of nitrogens with zero attached hydrogens (tertiary/aromatic N) is 2. The number of unbranched alkanes of at least 4 members (excludes halogenated alkanes) is 8. The van der Waals surface area contributed by atoms with E-state index in [9.17, 15) is 35.1 Å². The van der Waals surface area contributed by atoms with Crippen LogP contribution in [0.1, 0.15) is 69.8 Å². The molecule has 0 bridgehead atoms. The zero-order valence-electron chi connectivity index (χ0n) is 20.7. The normalized spacial score (nSPS) is 12.5. The Labute approximate surface area is 222 Å². The molecule has 0 atom stereocenters. The van der Waals surface area contributed by atoms with Crippen LogP contribution in [0.4, 0.5) is 35.1 Å². The van der Waals surface area contributed by atoms with Gasteiger partial charge in [-0.3, -0.25) is 0 Å². The average Bonchev–Trinajstić information content (AvgIpc) is 3.23. The molecule has 2 aromatic rings. The molecule has 0 fully saturated rings. The summed E-state index contributed by atoms with van der Waals surface area (Å²) < 4.78 is 111. The van der Waals surface area contributed by atoms with Gasteiger partial charge in [-0.1, -0.05) is 38.5 Å². The average molecular weight is 609 g/mol. The van der Waals surface area contributed by atoms with Crippen molar-refractivity contribution in [2.24, 2.45) is 0 Å². The van der Waals surface area contributed by atoms with Crippen molar-refractivity contribution in [1.82, 2.24) is 4.57 Å². The van der Waals surface area contributed by atoms with Crippen molar-refractivity contribution in [2.45, 2.75) is 95.3 Å². The van der Waals surface area contributed by atoms with E-state index >= 15 is 0 Å². The standard InChI is InChI=1S/C25H33F8N2O.BrH/c1-36-22-12-11-21(26)17-20(22)18-35-16-15-34(19-35)14-10-8-6-4-2-3-5-7-9-13-23(27,28)24(29,30)25(31,32)33;/h11-12,15-17,19H,2-10,13-14,18H2,1H3;1H/q+1;/p-1. The zero-order chi connectivity index (χ0) is 26.8. The fraction of sp³-hybridized carbons (Fsp3) is 0.640. The van der Waals surface area contributed by atoms with Crippen LogP contribution >= 0.6 is 0 Å². The maximum atomic E-state index is 13.5.